The van der Waals surface area contributed by atoms with Gasteiger partial charge in [-0.15, -0.1) is 0 Å². The molecular formula is C14H21N3O. The number of anilines is 1. The Morgan fingerprint density at radius 3 is 2.83 bits per heavy atom. The largest absolute Gasteiger partial charge is 0.497 e. The summed E-state index contributed by atoms with van der Waals surface area (Å²) in [5, 5.41) is 0. The topological polar surface area (TPSA) is 53.1 Å². The van der Waals surface area contributed by atoms with Gasteiger partial charge in [0.05, 0.1) is 18.1 Å². The third-order valence-corrected chi connectivity index (χ3v) is 3.15. The van der Waals surface area contributed by atoms with Crippen LogP contribution in [0, 0.1) is 5.92 Å². The molecule has 1 aromatic carbocycles. The van der Waals surface area contributed by atoms with E-state index in [0.29, 0.717) is 5.95 Å². The zero-order valence-corrected chi connectivity index (χ0v) is 11.3. The molecule has 0 aliphatic rings. The number of aryl methyl sites for hydroxylation is 1. The minimum atomic E-state index is 0.585. The molecule has 0 bridgehead atoms. The summed E-state index contributed by atoms with van der Waals surface area (Å²) in [5.74, 6) is 2.12. The molecule has 1 aromatic heterocycles. The van der Waals surface area contributed by atoms with Crippen LogP contribution in [0.15, 0.2) is 18.2 Å². The molecule has 0 saturated heterocycles. The van der Waals surface area contributed by atoms with Crippen molar-refractivity contribution in [1.29, 1.82) is 0 Å². The summed E-state index contributed by atoms with van der Waals surface area (Å²) in [7, 11) is 1.66. The second-order valence-electron chi connectivity index (χ2n) is 5.01. The van der Waals surface area contributed by atoms with E-state index in [4.69, 9.17) is 10.5 Å². The van der Waals surface area contributed by atoms with Crippen molar-refractivity contribution in [3.8, 4) is 5.75 Å². The number of nitrogens with zero attached hydrogens (tertiary/aromatic N) is 2. The van der Waals surface area contributed by atoms with Gasteiger partial charge in [0, 0.05) is 12.6 Å². The highest BCUT2D eigenvalue weighted by Gasteiger charge is 2.08. The minimum Gasteiger partial charge on any atom is -0.497 e. The number of rotatable bonds is 5. The number of imidazole rings is 1. The summed E-state index contributed by atoms with van der Waals surface area (Å²) in [6, 6.07) is 5.89. The Labute approximate surface area is 108 Å². The molecule has 4 nitrogen and oxygen atoms in total. The van der Waals surface area contributed by atoms with Crippen LogP contribution in [0.25, 0.3) is 11.0 Å². The minimum absolute atomic E-state index is 0.585. The van der Waals surface area contributed by atoms with Gasteiger partial charge >= 0.3 is 0 Å². The van der Waals surface area contributed by atoms with Crippen LogP contribution in [0.1, 0.15) is 26.7 Å². The molecule has 4 heteroatoms. The molecule has 2 N–H and O–H groups in total. The highest BCUT2D eigenvalue weighted by atomic mass is 16.5. The molecule has 0 aliphatic heterocycles. The monoisotopic (exact) mass is 247 g/mol. The van der Waals surface area contributed by atoms with Crippen molar-refractivity contribution in [2.75, 3.05) is 12.8 Å². The Morgan fingerprint density at radius 2 is 2.17 bits per heavy atom. The van der Waals surface area contributed by atoms with E-state index in [9.17, 15) is 0 Å². The molecule has 0 unspecified atom stereocenters. The molecule has 0 radical (unpaired) electrons. The van der Waals surface area contributed by atoms with Gasteiger partial charge < -0.3 is 15.0 Å². The Bertz CT molecular complexity index is 531. The Kier molecular flexibility index (Phi) is 3.75. The maximum atomic E-state index is 5.97. The zero-order chi connectivity index (χ0) is 13.1. The van der Waals surface area contributed by atoms with Gasteiger partial charge in [-0.05, 0) is 30.9 Å². The molecule has 0 aliphatic carbocycles. The van der Waals surface area contributed by atoms with Crippen molar-refractivity contribution < 1.29 is 4.74 Å². The van der Waals surface area contributed by atoms with Crippen LogP contribution in [0.3, 0.4) is 0 Å². The second kappa shape index (κ2) is 5.29. The molecule has 0 atom stereocenters. The van der Waals surface area contributed by atoms with Gasteiger partial charge in [-0.25, -0.2) is 4.98 Å². The van der Waals surface area contributed by atoms with Crippen LogP contribution in [0.2, 0.25) is 0 Å². The average Bonchev–Trinajstić information content (AvgIpc) is 2.64. The fraction of sp³-hybridized carbons (Fsp3) is 0.500. The zero-order valence-electron chi connectivity index (χ0n) is 11.3. The molecule has 0 amide bonds. The molecule has 0 spiro atoms. The smallest absolute Gasteiger partial charge is 0.201 e. The van der Waals surface area contributed by atoms with Crippen molar-refractivity contribution >= 4 is 17.0 Å². The Hall–Kier alpha value is -1.71. The van der Waals surface area contributed by atoms with Gasteiger partial charge in [0.15, 0.2) is 0 Å². The number of nitrogens with two attached hydrogens (primary N) is 1. The SMILES string of the molecule is COc1ccc2c(c1)nc(N)n2CCCC(C)C. The molecule has 18 heavy (non-hydrogen) atoms. The number of nitrogen functional groups attached to an aromatic ring is 1. The first-order valence-electron chi connectivity index (χ1n) is 6.41. The van der Waals surface area contributed by atoms with Crippen LogP contribution in [0.4, 0.5) is 5.95 Å². The molecule has 98 valence electrons. The van der Waals surface area contributed by atoms with E-state index in [0.717, 1.165) is 35.7 Å². The van der Waals surface area contributed by atoms with E-state index in [2.05, 4.69) is 23.4 Å². The van der Waals surface area contributed by atoms with Crippen LogP contribution in [-0.4, -0.2) is 16.7 Å². The normalized spacial score (nSPS) is 11.3. The van der Waals surface area contributed by atoms with E-state index >= 15 is 0 Å². The van der Waals surface area contributed by atoms with Gasteiger partial charge in [-0.2, -0.15) is 0 Å². The lowest BCUT2D eigenvalue weighted by Gasteiger charge is -2.08. The maximum absolute atomic E-state index is 5.97. The van der Waals surface area contributed by atoms with Crippen molar-refractivity contribution in [1.82, 2.24) is 9.55 Å². The number of hydrogen-bond donors (Lipinski definition) is 1. The molecule has 1 heterocycles. The van der Waals surface area contributed by atoms with Crippen LogP contribution >= 0.6 is 0 Å². The molecule has 2 rings (SSSR count). The number of aromatic nitrogens is 2. The van der Waals surface area contributed by atoms with E-state index in [1.807, 2.05) is 18.2 Å². The lowest BCUT2D eigenvalue weighted by atomic mass is 10.1. The molecule has 0 saturated carbocycles. The fourth-order valence-corrected chi connectivity index (χ4v) is 2.15. The predicted molar refractivity (Wildman–Crippen MR) is 74.8 cm³/mol. The van der Waals surface area contributed by atoms with Crippen molar-refractivity contribution in [3.05, 3.63) is 18.2 Å². The number of benzene rings is 1. The predicted octanol–water partition coefficient (Wildman–Crippen LogP) is 3.06. The van der Waals surface area contributed by atoms with E-state index in [1.54, 1.807) is 7.11 Å². The van der Waals surface area contributed by atoms with Gasteiger partial charge in [0.25, 0.3) is 0 Å². The van der Waals surface area contributed by atoms with Gasteiger partial charge in [0.2, 0.25) is 5.95 Å². The highest BCUT2D eigenvalue weighted by molar-refractivity contribution is 5.79. The van der Waals surface area contributed by atoms with E-state index in [-0.39, 0.29) is 0 Å². The third kappa shape index (κ3) is 2.58. The second-order valence-corrected chi connectivity index (χ2v) is 5.01. The van der Waals surface area contributed by atoms with Crippen LogP contribution < -0.4 is 10.5 Å². The number of fused-ring (bicyclic) bond motifs is 1. The summed E-state index contributed by atoms with van der Waals surface area (Å²) in [4.78, 5) is 4.38. The highest BCUT2D eigenvalue weighted by Crippen LogP contribution is 2.23. The van der Waals surface area contributed by atoms with Crippen LogP contribution in [0.5, 0.6) is 5.75 Å². The summed E-state index contributed by atoms with van der Waals surface area (Å²) < 4.78 is 7.27. The van der Waals surface area contributed by atoms with E-state index < -0.39 is 0 Å². The van der Waals surface area contributed by atoms with Gasteiger partial charge in [-0.1, -0.05) is 13.8 Å². The first-order chi connectivity index (χ1) is 8.61. The lowest BCUT2D eigenvalue weighted by Crippen LogP contribution is -2.04. The van der Waals surface area contributed by atoms with Gasteiger partial charge in [0.1, 0.15) is 5.75 Å². The Balaban J connectivity index is 2.24. The number of methoxy groups -OCH3 is 1. The van der Waals surface area contributed by atoms with Crippen molar-refractivity contribution in [3.63, 3.8) is 0 Å². The molecular weight excluding hydrogens is 226 g/mol. The standard InChI is InChI=1S/C14H21N3O/c1-10(2)5-4-8-17-13-7-6-11(18-3)9-12(13)16-14(17)15/h6-7,9-10H,4-5,8H2,1-3H3,(H2,15,16). The van der Waals surface area contributed by atoms with Crippen molar-refractivity contribution in [2.45, 2.75) is 33.2 Å². The van der Waals surface area contributed by atoms with Crippen molar-refractivity contribution in [2.24, 2.45) is 5.92 Å². The summed E-state index contributed by atoms with van der Waals surface area (Å²) in [5.41, 5.74) is 7.95. The summed E-state index contributed by atoms with van der Waals surface area (Å²) >= 11 is 0. The molecule has 2 aromatic rings. The first-order valence-corrected chi connectivity index (χ1v) is 6.41. The van der Waals surface area contributed by atoms with E-state index in [1.165, 1.54) is 6.42 Å². The first kappa shape index (κ1) is 12.7. The Morgan fingerprint density at radius 1 is 1.39 bits per heavy atom. The molecule has 0 fully saturated rings. The summed E-state index contributed by atoms with van der Waals surface area (Å²) in [6.07, 6.45) is 2.33. The third-order valence-electron chi connectivity index (χ3n) is 3.15. The maximum Gasteiger partial charge on any atom is 0.201 e. The number of hydrogen-bond acceptors (Lipinski definition) is 3. The average molecular weight is 247 g/mol. The van der Waals surface area contributed by atoms with Gasteiger partial charge in [-0.3, -0.25) is 0 Å². The number of ether oxygens (including phenoxy) is 1. The quantitative estimate of drug-likeness (QED) is 0.883. The van der Waals surface area contributed by atoms with Crippen LogP contribution in [-0.2, 0) is 6.54 Å². The fourth-order valence-electron chi connectivity index (χ4n) is 2.15. The summed E-state index contributed by atoms with van der Waals surface area (Å²) in [6.45, 7) is 5.40. The lowest BCUT2D eigenvalue weighted by molar-refractivity contribution is 0.415.